The van der Waals surface area contributed by atoms with Crippen LogP contribution in [0.4, 0.5) is 0 Å². The van der Waals surface area contributed by atoms with Crippen LogP contribution < -0.4 is 5.32 Å². The molecule has 1 amide bonds. The van der Waals surface area contributed by atoms with E-state index in [4.69, 9.17) is 5.26 Å². The molecule has 0 saturated carbocycles. The highest BCUT2D eigenvalue weighted by Crippen LogP contribution is 2.27. The van der Waals surface area contributed by atoms with Gasteiger partial charge in [-0.1, -0.05) is 0 Å². The van der Waals surface area contributed by atoms with Gasteiger partial charge in [-0.05, 0) is 25.7 Å². The Kier molecular flexibility index (Phi) is 3.59. The van der Waals surface area contributed by atoms with Gasteiger partial charge < -0.3 is 5.32 Å². The predicted octanol–water partition coefficient (Wildman–Crippen LogP) is -0.171. The van der Waals surface area contributed by atoms with Gasteiger partial charge in [-0.3, -0.25) is 4.79 Å². The number of carbonyl (C=O) groups excluding carboxylic acids is 1. The monoisotopic (exact) mass is 271 g/mol. The number of carbonyl (C=O) groups is 1. The third-order valence-electron chi connectivity index (χ3n) is 3.77. The van der Waals surface area contributed by atoms with Crippen LogP contribution in [-0.4, -0.2) is 43.0 Å². The van der Waals surface area contributed by atoms with Crippen molar-refractivity contribution in [3.8, 4) is 6.07 Å². The van der Waals surface area contributed by atoms with Crippen molar-refractivity contribution >= 4 is 15.9 Å². The predicted molar refractivity (Wildman–Crippen MR) is 64.8 cm³/mol. The van der Waals surface area contributed by atoms with Crippen LogP contribution in [0.2, 0.25) is 0 Å². The molecule has 0 aliphatic carbocycles. The molecule has 6 nitrogen and oxygen atoms in total. The average Bonchev–Trinajstić information content (AvgIpc) is 2.36. The van der Waals surface area contributed by atoms with Gasteiger partial charge in [0.05, 0.1) is 6.07 Å². The minimum absolute atomic E-state index is 0.0537. The first-order valence-electron chi connectivity index (χ1n) is 6.13. The minimum atomic E-state index is -3.52. The Morgan fingerprint density at radius 2 is 2.22 bits per heavy atom. The summed E-state index contributed by atoms with van der Waals surface area (Å²) in [5.41, 5.74) is 0. The van der Waals surface area contributed by atoms with Gasteiger partial charge in [0.2, 0.25) is 15.9 Å². The molecular weight excluding hydrogens is 254 g/mol. The molecule has 1 N–H and O–H groups in total. The van der Waals surface area contributed by atoms with Crippen molar-refractivity contribution < 1.29 is 13.2 Å². The molecule has 0 spiro atoms. The molecule has 2 aliphatic heterocycles. The Bertz CT molecular complexity index is 482. The first kappa shape index (κ1) is 13.3. The summed E-state index contributed by atoms with van der Waals surface area (Å²) >= 11 is 0. The molecule has 0 bridgehead atoms. The van der Waals surface area contributed by atoms with Crippen LogP contribution in [0.25, 0.3) is 0 Å². The molecule has 3 unspecified atom stereocenters. The highest BCUT2D eigenvalue weighted by atomic mass is 32.2. The van der Waals surface area contributed by atoms with Crippen molar-refractivity contribution in [2.24, 2.45) is 5.92 Å². The van der Waals surface area contributed by atoms with E-state index in [1.165, 1.54) is 11.2 Å². The quantitative estimate of drug-likeness (QED) is 0.755. The molecule has 2 saturated heterocycles. The van der Waals surface area contributed by atoms with Crippen LogP contribution in [0.1, 0.15) is 26.2 Å². The maximum Gasteiger partial charge on any atom is 0.230 e. The molecule has 0 aromatic carbocycles. The molecular formula is C11H17N3O3S. The fourth-order valence-corrected chi connectivity index (χ4v) is 3.94. The molecule has 7 heteroatoms. The summed E-state index contributed by atoms with van der Waals surface area (Å²) in [6, 6.07) is 1.87. The zero-order valence-corrected chi connectivity index (χ0v) is 11.1. The zero-order chi connectivity index (χ0) is 13.3. The van der Waals surface area contributed by atoms with E-state index in [0.717, 1.165) is 6.42 Å². The molecule has 0 aromatic rings. The van der Waals surface area contributed by atoms with Crippen LogP contribution in [0.3, 0.4) is 0 Å². The number of nitrogens with zero attached hydrogens (tertiary/aromatic N) is 2. The van der Waals surface area contributed by atoms with Crippen LogP contribution >= 0.6 is 0 Å². The summed E-state index contributed by atoms with van der Waals surface area (Å²) in [6.07, 6.45) is 1.82. The summed E-state index contributed by atoms with van der Waals surface area (Å²) in [7, 11) is -3.52. The largest absolute Gasteiger partial charge is 0.353 e. The van der Waals surface area contributed by atoms with Crippen molar-refractivity contribution in [3.05, 3.63) is 0 Å². The van der Waals surface area contributed by atoms with E-state index < -0.39 is 15.3 Å². The first-order chi connectivity index (χ1) is 8.45. The fraction of sp³-hybridized carbons (Fsp3) is 0.818. The number of nitriles is 1. The Morgan fingerprint density at radius 3 is 2.89 bits per heavy atom. The molecule has 2 rings (SSSR count). The molecule has 2 heterocycles. The van der Waals surface area contributed by atoms with Gasteiger partial charge in [0.15, 0.2) is 5.25 Å². The van der Waals surface area contributed by atoms with Crippen molar-refractivity contribution in [1.82, 2.24) is 9.62 Å². The summed E-state index contributed by atoms with van der Waals surface area (Å²) < 4.78 is 25.5. The van der Waals surface area contributed by atoms with Gasteiger partial charge in [-0.15, -0.1) is 0 Å². The lowest BCUT2D eigenvalue weighted by Gasteiger charge is -2.40. The van der Waals surface area contributed by atoms with Crippen LogP contribution in [0.5, 0.6) is 0 Å². The van der Waals surface area contributed by atoms with Gasteiger partial charge >= 0.3 is 0 Å². The van der Waals surface area contributed by atoms with E-state index in [1.54, 1.807) is 6.07 Å². The molecule has 3 atom stereocenters. The molecule has 0 radical (unpaired) electrons. The van der Waals surface area contributed by atoms with Crippen LogP contribution in [-0.2, 0) is 14.8 Å². The highest BCUT2D eigenvalue weighted by molar-refractivity contribution is 7.89. The average molecular weight is 271 g/mol. The third kappa shape index (κ3) is 2.35. The number of fused-ring (bicyclic) bond motifs is 1. The first-order valence-corrected chi connectivity index (χ1v) is 7.63. The van der Waals surface area contributed by atoms with Crippen molar-refractivity contribution in [3.63, 3.8) is 0 Å². The minimum Gasteiger partial charge on any atom is -0.353 e. The molecule has 100 valence electrons. The van der Waals surface area contributed by atoms with E-state index in [1.807, 2.05) is 0 Å². The number of rotatable bonds is 2. The maximum atomic E-state index is 12.1. The van der Waals surface area contributed by atoms with Gasteiger partial charge in [0.1, 0.15) is 0 Å². The summed E-state index contributed by atoms with van der Waals surface area (Å²) in [5, 5.41) is 10.7. The lowest BCUT2D eigenvalue weighted by molar-refractivity contribution is -0.124. The van der Waals surface area contributed by atoms with Gasteiger partial charge in [-0.2, -0.15) is 5.26 Å². The van der Waals surface area contributed by atoms with E-state index in [-0.39, 0.29) is 17.9 Å². The van der Waals surface area contributed by atoms with Gasteiger partial charge in [-0.25, -0.2) is 12.7 Å². The Balaban J connectivity index is 2.08. The van der Waals surface area contributed by atoms with Crippen LogP contribution in [0.15, 0.2) is 0 Å². The fourth-order valence-electron chi connectivity index (χ4n) is 2.60. The molecule has 2 aliphatic rings. The standard InChI is InChI=1S/C11H17N3O3S/c1-8(6-12)18(16,17)14-5-4-10-9(7-14)2-3-11(15)13-10/h8-10H,2-5,7H2,1H3,(H,13,15). The van der Waals surface area contributed by atoms with Crippen LogP contribution in [0, 0.1) is 17.2 Å². The Hall–Kier alpha value is -1.13. The number of hydrogen-bond donors (Lipinski definition) is 1. The summed E-state index contributed by atoms with van der Waals surface area (Å²) in [4.78, 5) is 11.3. The van der Waals surface area contributed by atoms with Crippen molar-refractivity contribution in [2.75, 3.05) is 13.1 Å². The second-order valence-corrected chi connectivity index (χ2v) is 7.19. The Labute approximate surface area is 107 Å². The smallest absolute Gasteiger partial charge is 0.230 e. The summed E-state index contributed by atoms with van der Waals surface area (Å²) in [6.45, 7) is 2.21. The maximum absolute atomic E-state index is 12.1. The lowest BCUT2D eigenvalue weighted by atomic mass is 9.86. The van der Waals surface area contributed by atoms with E-state index in [2.05, 4.69) is 5.32 Å². The molecule has 2 fully saturated rings. The molecule has 0 aromatic heterocycles. The van der Waals surface area contributed by atoms with Crippen molar-refractivity contribution in [2.45, 2.75) is 37.5 Å². The highest BCUT2D eigenvalue weighted by Gasteiger charge is 2.39. The normalized spacial score (nSPS) is 31.0. The number of nitrogens with one attached hydrogen (secondary N) is 1. The topological polar surface area (TPSA) is 90.3 Å². The Morgan fingerprint density at radius 1 is 1.50 bits per heavy atom. The third-order valence-corrected chi connectivity index (χ3v) is 5.82. The lowest BCUT2D eigenvalue weighted by Crippen LogP contribution is -2.55. The number of amides is 1. The van der Waals surface area contributed by atoms with E-state index >= 15 is 0 Å². The zero-order valence-electron chi connectivity index (χ0n) is 10.3. The molecule has 18 heavy (non-hydrogen) atoms. The number of piperidine rings is 2. The SMILES string of the molecule is CC(C#N)S(=O)(=O)N1CCC2NC(=O)CCC2C1. The number of hydrogen-bond acceptors (Lipinski definition) is 4. The van der Waals surface area contributed by atoms with Crippen molar-refractivity contribution in [1.29, 1.82) is 5.26 Å². The second kappa shape index (κ2) is 4.86. The number of sulfonamides is 1. The summed E-state index contributed by atoms with van der Waals surface area (Å²) in [5.74, 6) is 0.232. The second-order valence-electron chi connectivity index (χ2n) is 4.94. The van der Waals surface area contributed by atoms with Gasteiger partial charge in [0.25, 0.3) is 0 Å². The van der Waals surface area contributed by atoms with Gasteiger partial charge in [0, 0.05) is 25.6 Å². The van der Waals surface area contributed by atoms with E-state index in [0.29, 0.717) is 25.9 Å². The van der Waals surface area contributed by atoms with E-state index in [9.17, 15) is 13.2 Å².